The lowest BCUT2D eigenvalue weighted by atomic mass is 10.3. The Balaban J connectivity index is 2.02. The number of rotatable bonds is 8. The van der Waals surface area contributed by atoms with Crippen LogP contribution < -0.4 is 15.4 Å². The number of ether oxygens (including phenoxy) is 2. The molecule has 0 bridgehead atoms. The Kier molecular flexibility index (Phi) is 7.71. The number of benzene rings is 1. The molecule has 0 fully saturated rings. The smallest absolute Gasteiger partial charge is 0.314 e. The van der Waals surface area contributed by atoms with Crippen LogP contribution in [-0.2, 0) is 9.53 Å². The number of hydrogen-bond acceptors (Lipinski definition) is 4. The van der Waals surface area contributed by atoms with Crippen molar-refractivity contribution in [2.75, 3.05) is 19.7 Å². The molecule has 0 aromatic heterocycles. The standard InChI is InChI=1S/C15H22N2O4/c1-12(2)21-14(18)8-9-16-15(19)17-10-11-20-13-6-4-3-5-7-13/h3-7,12H,8-11H2,1-2H3,(H2,16,17,19). The van der Waals surface area contributed by atoms with Gasteiger partial charge in [0.2, 0.25) is 0 Å². The summed E-state index contributed by atoms with van der Waals surface area (Å²) in [4.78, 5) is 22.7. The van der Waals surface area contributed by atoms with Gasteiger partial charge in [-0.15, -0.1) is 0 Å². The first kappa shape index (κ1) is 16.8. The van der Waals surface area contributed by atoms with Crippen molar-refractivity contribution in [2.45, 2.75) is 26.4 Å². The van der Waals surface area contributed by atoms with Crippen molar-refractivity contribution >= 4 is 12.0 Å². The van der Waals surface area contributed by atoms with Crippen LogP contribution in [0.15, 0.2) is 30.3 Å². The van der Waals surface area contributed by atoms with Gasteiger partial charge in [-0.2, -0.15) is 0 Å². The molecular formula is C15H22N2O4. The number of para-hydroxylation sites is 1. The van der Waals surface area contributed by atoms with Gasteiger partial charge in [0, 0.05) is 6.54 Å². The van der Waals surface area contributed by atoms with Crippen molar-refractivity contribution in [3.63, 3.8) is 0 Å². The average molecular weight is 294 g/mol. The molecule has 0 aliphatic heterocycles. The third kappa shape index (κ3) is 8.52. The van der Waals surface area contributed by atoms with Crippen molar-refractivity contribution in [3.8, 4) is 5.75 Å². The Morgan fingerprint density at radius 1 is 1.10 bits per heavy atom. The minimum atomic E-state index is -0.330. The summed E-state index contributed by atoms with van der Waals surface area (Å²) in [5, 5.41) is 5.22. The average Bonchev–Trinajstić information content (AvgIpc) is 2.44. The van der Waals surface area contributed by atoms with Crippen LogP contribution in [0.5, 0.6) is 5.75 Å². The second kappa shape index (κ2) is 9.63. The second-order valence-corrected chi connectivity index (χ2v) is 4.63. The lowest BCUT2D eigenvalue weighted by Gasteiger charge is -2.10. The monoisotopic (exact) mass is 294 g/mol. The highest BCUT2D eigenvalue weighted by Gasteiger charge is 2.06. The van der Waals surface area contributed by atoms with Gasteiger partial charge >= 0.3 is 12.0 Å². The number of urea groups is 1. The van der Waals surface area contributed by atoms with Gasteiger partial charge in [0.05, 0.1) is 19.1 Å². The zero-order valence-electron chi connectivity index (χ0n) is 12.4. The number of nitrogens with one attached hydrogen (secondary N) is 2. The van der Waals surface area contributed by atoms with Gasteiger partial charge in [0.1, 0.15) is 12.4 Å². The van der Waals surface area contributed by atoms with Gasteiger partial charge in [-0.25, -0.2) is 4.79 Å². The summed E-state index contributed by atoms with van der Waals surface area (Å²) in [6.07, 6.45) is 0.0213. The molecule has 6 heteroatoms. The third-order valence-electron chi connectivity index (χ3n) is 2.38. The fourth-order valence-electron chi connectivity index (χ4n) is 1.51. The lowest BCUT2D eigenvalue weighted by molar-refractivity contribution is -0.147. The van der Waals surface area contributed by atoms with E-state index in [-0.39, 0.29) is 31.1 Å². The zero-order chi connectivity index (χ0) is 15.5. The van der Waals surface area contributed by atoms with Crippen molar-refractivity contribution < 1.29 is 19.1 Å². The summed E-state index contributed by atoms with van der Waals surface area (Å²) < 4.78 is 10.4. The van der Waals surface area contributed by atoms with E-state index in [9.17, 15) is 9.59 Å². The van der Waals surface area contributed by atoms with Crippen LogP contribution in [0.1, 0.15) is 20.3 Å². The number of esters is 1. The predicted molar refractivity (Wildman–Crippen MR) is 79.2 cm³/mol. The maximum Gasteiger partial charge on any atom is 0.314 e. The van der Waals surface area contributed by atoms with Gasteiger partial charge in [0.15, 0.2) is 0 Å². The molecule has 0 radical (unpaired) electrons. The Hall–Kier alpha value is -2.24. The van der Waals surface area contributed by atoms with Crippen molar-refractivity contribution in [2.24, 2.45) is 0 Å². The summed E-state index contributed by atoms with van der Waals surface area (Å²) in [6, 6.07) is 9.03. The molecule has 1 aromatic rings. The summed E-state index contributed by atoms with van der Waals surface area (Å²) in [5.41, 5.74) is 0. The molecule has 0 unspecified atom stereocenters. The molecule has 2 amide bonds. The summed E-state index contributed by atoms with van der Waals surface area (Å²) >= 11 is 0. The van der Waals surface area contributed by atoms with Crippen molar-refractivity contribution in [1.29, 1.82) is 0 Å². The normalized spacial score (nSPS) is 10.0. The van der Waals surface area contributed by atoms with Crippen LogP contribution in [0.2, 0.25) is 0 Å². The molecule has 1 rings (SSSR count). The number of carbonyl (C=O) groups is 2. The molecule has 116 valence electrons. The predicted octanol–water partition coefficient (Wildman–Crippen LogP) is 1.71. The van der Waals surface area contributed by atoms with Crippen LogP contribution in [0.4, 0.5) is 4.79 Å². The maximum atomic E-state index is 11.4. The van der Waals surface area contributed by atoms with Crippen molar-refractivity contribution in [1.82, 2.24) is 10.6 Å². The third-order valence-corrected chi connectivity index (χ3v) is 2.38. The second-order valence-electron chi connectivity index (χ2n) is 4.63. The first-order chi connectivity index (χ1) is 10.1. The van der Waals surface area contributed by atoms with E-state index >= 15 is 0 Å². The Bertz CT molecular complexity index is 435. The molecule has 2 N–H and O–H groups in total. The lowest BCUT2D eigenvalue weighted by Crippen LogP contribution is -2.38. The first-order valence-corrected chi connectivity index (χ1v) is 6.97. The molecule has 0 spiro atoms. The highest BCUT2D eigenvalue weighted by molar-refractivity contribution is 5.75. The van der Waals surface area contributed by atoms with E-state index in [1.807, 2.05) is 30.3 Å². The SMILES string of the molecule is CC(C)OC(=O)CCNC(=O)NCCOc1ccccc1. The Morgan fingerprint density at radius 3 is 2.43 bits per heavy atom. The molecule has 6 nitrogen and oxygen atoms in total. The van der Waals surface area contributed by atoms with Crippen LogP contribution >= 0.6 is 0 Å². The van der Waals surface area contributed by atoms with E-state index in [0.29, 0.717) is 13.2 Å². The fraction of sp³-hybridized carbons (Fsp3) is 0.467. The number of carbonyl (C=O) groups excluding carboxylic acids is 2. The van der Waals surface area contributed by atoms with Crippen LogP contribution in [-0.4, -0.2) is 37.8 Å². The molecule has 0 saturated heterocycles. The molecule has 0 aliphatic carbocycles. The largest absolute Gasteiger partial charge is 0.492 e. The van der Waals surface area contributed by atoms with Gasteiger partial charge in [0.25, 0.3) is 0 Å². The molecule has 0 aliphatic rings. The summed E-state index contributed by atoms with van der Waals surface area (Å²) in [5.74, 6) is 0.439. The molecule has 21 heavy (non-hydrogen) atoms. The van der Waals surface area contributed by atoms with Crippen molar-refractivity contribution in [3.05, 3.63) is 30.3 Å². The van der Waals surface area contributed by atoms with Gasteiger partial charge in [-0.05, 0) is 26.0 Å². The van der Waals surface area contributed by atoms with E-state index in [2.05, 4.69) is 10.6 Å². The van der Waals surface area contributed by atoms with E-state index in [1.54, 1.807) is 13.8 Å². The van der Waals surface area contributed by atoms with E-state index in [0.717, 1.165) is 5.75 Å². The van der Waals surface area contributed by atoms with E-state index in [4.69, 9.17) is 9.47 Å². The maximum absolute atomic E-state index is 11.4. The summed E-state index contributed by atoms with van der Waals surface area (Å²) in [6.45, 7) is 4.58. The van der Waals surface area contributed by atoms with E-state index in [1.165, 1.54) is 0 Å². The Labute approximate surface area is 124 Å². The molecule has 1 aromatic carbocycles. The topological polar surface area (TPSA) is 76.7 Å². The fourth-order valence-corrected chi connectivity index (χ4v) is 1.51. The highest BCUT2D eigenvalue weighted by atomic mass is 16.5. The first-order valence-electron chi connectivity index (χ1n) is 6.97. The highest BCUT2D eigenvalue weighted by Crippen LogP contribution is 2.07. The van der Waals surface area contributed by atoms with Gasteiger partial charge in [-0.1, -0.05) is 18.2 Å². The zero-order valence-corrected chi connectivity index (χ0v) is 12.4. The minimum Gasteiger partial charge on any atom is -0.492 e. The number of amides is 2. The minimum absolute atomic E-state index is 0.138. The quantitative estimate of drug-likeness (QED) is 0.565. The summed E-state index contributed by atoms with van der Waals surface area (Å²) in [7, 11) is 0. The molecule has 0 saturated carbocycles. The van der Waals surface area contributed by atoms with Crippen LogP contribution in [0.25, 0.3) is 0 Å². The van der Waals surface area contributed by atoms with Crippen LogP contribution in [0, 0.1) is 0 Å². The van der Waals surface area contributed by atoms with Crippen LogP contribution in [0.3, 0.4) is 0 Å². The van der Waals surface area contributed by atoms with Gasteiger partial charge in [-0.3, -0.25) is 4.79 Å². The van der Waals surface area contributed by atoms with Gasteiger partial charge < -0.3 is 20.1 Å². The molecule has 0 heterocycles. The molecule has 0 atom stereocenters. The molecular weight excluding hydrogens is 272 g/mol. The Morgan fingerprint density at radius 2 is 1.76 bits per heavy atom. The van der Waals surface area contributed by atoms with E-state index < -0.39 is 0 Å². The number of hydrogen-bond donors (Lipinski definition) is 2.